The molecule has 0 aliphatic heterocycles. The molecule has 0 spiro atoms. The Morgan fingerprint density at radius 1 is 1.20 bits per heavy atom. The van der Waals surface area contributed by atoms with Crippen molar-refractivity contribution in [2.45, 2.75) is 18.5 Å². The predicted molar refractivity (Wildman–Crippen MR) is 91.2 cm³/mol. The molecule has 25 heavy (non-hydrogen) atoms. The molecule has 0 aromatic heterocycles. The van der Waals surface area contributed by atoms with Crippen molar-refractivity contribution in [2.75, 3.05) is 7.11 Å². The molecule has 0 heterocycles. The number of nitrogens with one attached hydrogen (secondary N) is 1. The first-order valence-corrected chi connectivity index (χ1v) is 7.65. The van der Waals surface area contributed by atoms with E-state index in [2.05, 4.69) is 5.32 Å². The molecule has 1 unspecified atom stereocenters. The van der Waals surface area contributed by atoms with Crippen molar-refractivity contribution in [3.8, 4) is 5.75 Å². The van der Waals surface area contributed by atoms with E-state index in [1.165, 1.54) is 19.2 Å². The minimum absolute atomic E-state index is 0.0513. The first-order valence-electron chi connectivity index (χ1n) is 7.65. The van der Waals surface area contributed by atoms with E-state index in [4.69, 9.17) is 16.2 Å². The van der Waals surface area contributed by atoms with Gasteiger partial charge in [0.2, 0.25) is 11.8 Å². The predicted octanol–water partition coefficient (Wildman–Crippen LogP) is 1.05. The van der Waals surface area contributed by atoms with Crippen LogP contribution in [0, 0.1) is 5.82 Å². The zero-order valence-corrected chi connectivity index (χ0v) is 13.7. The third-order valence-electron chi connectivity index (χ3n) is 3.76. The molecular weight excluding hydrogens is 325 g/mol. The van der Waals surface area contributed by atoms with Crippen LogP contribution in [0.1, 0.15) is 17.2 Å². The number of benzene rings is 2. The summed E-state index contributed by atoms with van der Waals surface area (Å²) in [4.78, 5) is 23.9. The Kier molecular flexibility index (Phi) is 6.08. The molecule has 2 amide bonds. The van der Waals surface area contributed by atoms with Crippen LogP contribution in [0.2, 0.25) is 0 Å². The van der Waals surface area contributed by atoms with Crippen LogP contribution in [0.15, 0.2) is 48.5 Å². The summed E-state index contributed by atoms with van der Waals surface area (Å²) in [6.07, 6.45) is 0.242. The maximum atomic E-state index is 13.8. The Bertz CT molecular complexity index is 752. The summed E-state index contributed by atoms with van der Waals surface area (Å²) in [6.45, 7) is 0. The van der Waals surface area contributed by atoms with Gasteiger partial charge in [0.1, 0.15) is 12.1 Å². The van der Waals surface area contributed by atoms with Crippen molar-refractivity contribution in [1.82, 2.24) is 5.32 Å². The smallest absolute Gasteiger partial charge is 0.242 e. The molecule has 2 rings (SSSR count). The van der Waals surface area contributed by atoms with Crippen molar-refractivity contribution >= 4 is 11.8 Å². The Balaban J connectivity index is 2.09. The van der Waals surface area contributed by atoms with Gasteiger partial charge < -0.3 is 21.5 Å². The lowest BCUT2D eigenvalue weighted by atomic mass is 10.0. The van der Waals surface area contributed by atoms with Gasteiger partial charge in [-0.25, -0.2) is 4.39 Å². The second-order valence-corrected chi connectivity index (χ2v) is 5.52. The Morgan fingerprint density at radius 2 is 1.88 bits per heavy atom. The van der Waals surface area contributed by atoms with Crippen LogP contribution >= 0.6 is 0 Å². The average Bonchev–Trinajstić information content (AvgIpc) is 2.61. The van der Waals surface area contributed by atoms with Crippen molar-refractivity contribution in [3.05, 3.63) is 65.5 Å². The van der Waals surface area contributed by atoms with Crippen molar-refractivity contribution < 1.29 is 18.7 Å². The van der Waals surface area contributed by atoms with Crippen molar-refractivity contribution in [1.29, 1.82) is 0 Å². The largest absolute Gasteiger partial charge is 0.494 e. The lowest BCUT2D eigenvalue weighted by Gasteiger charge is -2.19. The third kappa shape index (κ3) is 4.77. The highest BCUT2D eigenvalue weighted by Crippen LogP contribution is 2.21. The van der Waals surface area contributed by atoms with Crippen LogP contribution in [-0.4, -0.2) is 25.0 Å². The highest BCUT2D eigenvalue weighted by molar-refractivity contribution is 5.89. The van der Waals surface area contributed by atoms with E-state index >= 15 is 0 Å². The molecule has 0 saturated carbocycles. The van der Waals surface area contributed by atoms with Crippen LogP contribution in [0.5, 0.6) is 5.75 Å². The van der Waals surface area contributed by atoms with Gasteiger partial charge in [-0.15, -0.1) is 0 Å². The lowest BCUT2D eigenvalue weighted by Crippen LogP contribution is -2.48. The van der Waals surface area contributed by atoms with Gasteiger partial charge in [-0.1, -0.05) is 36.4 Å². The summed E-state index contributed by atoms with van der Waals surface area (Å²) in [6, 6.07) is 11.1. The molecule has 0 fully saturated rings. The SMILES string of the molecule is COc1ccc(C(N)C(=O)N[C@@H](Cc2ccccc2)C(N)=O)cc1F. The fourth-order valence-corrected chi connectivity index (χ4v) is 2.36. The van der Waals surface area contributed by atoms with E-state index < -0.39 is 29.7 Å². The van der Waals surface area contributed by atoms with Crippen molar-refractivity contribution in [2.24, 2.45) is 11.5 Å². The van der Waals surface area contributed by atoms with E-state index in [0.717, 1.165) is 11.6 Å². The fourth-order valence-electron chi connectivity index (χ4n) is 2.36. The number of carbonyl (C=O) groups excluding carboxylic acids is 2. The van der Waals surface area contributed by atoms with E-state index in [-0.39, 0.29) is 17.7 Å². The van der Waals surface area contributed by atoms with Gasteiger partial charge in [-0.05, 0) is 23.3 Å². The molecule has 2 aromatic carbocycles. The molecule has 6 nitrogen and oxygen atoms in total. The number of hydrogen-bond donors (Lipinski definition) is 3. The highest BCUT2D eigenvalue weighted by Gasteiger charge is 2.24. The van der Waals surface area contributed by atoms with Crippen LogP contribution < -0.4 is 21.5 Å². The van der Waals surface area contributed by atoms with Gasteiger partial charge in [-0.2, -0.15) is 0 Å². The van der Waals surface area contributed by atoms with Crippen molar-refractivity contribution in [3.63, 3.8) is 0 Å². The Morgan fingerprint density at radius 3 is 2.44 bits per heavy atom. The fraction of sp³-hybridized carbons (Fsp3) is 0.222. The van der Waals surface area contributed by atoms with Gasteiger partial charge in [0.05, 0.1) is 7.11 Å². The average molecular weight is 345 g/mol. The molecule has 0 aliphatic carbocycles. The number of methoxy groups -OCH3 is 1. The second-order valence-electron chi connectivity index (χ2n) is 5.52. The molecule has 5 N–H and O–H groups in total. The summed E-state index contributed by atoms with van der Waals surface area (Å²) in [5, 5.41) is 2.52. The van der Waals surface area contributed by atoms with Gasteiger partial charge in [0, 0.05) is 6.42 Å². The Hall–Kier alpha value is -2.93. The number of ether oxygens (including phenoxy) is 1. The number of rotatable bonds is 7. The van der Waals surface area contributed by atoms with Gasteiger partial charge >= 0.3 is 0 Å². The zero-order valence-electron chi connectivity index (χ0n) is 13.7. The minimum Gasteiger partial charge on any atom is -0.494 e. The minimum atomic E-state index is -1.14. The number of primary amides is 1. The third-order valence-corrected chi connectivity index (χ3v) is 3.76. The number of amides is 2. The van der Waals surface area contributed by atoms with Crippen LogP contribution in [-0.2, 0) is 16.0 Å². The monoisotopic (exact) mass is 345 g/mol. The van der Waals surface area contributed by atoms with Crippen LogP contribution in [0.4, 0.5) is 4.39 Å². The molecule has 0 saturated heterocycles. The molecule has 0 radical (unpaired) electrons. The first kappa shape index (κ1) is 18.4. The van der Waals surface area contributed by atoms with Crippen LogP contribution in [0.3, 0.4) is 0 Å². The molecule has 2 atom stereocenters. The van der Waals surface area contributed by atoms with Gasteiger partial charge in [-0.3, -0.25) is 9.59 Å². The quantitative estimate of drug-likeness (QED) is 0.697. The first-order chi connectivity index (χ1) is 11.9. The molecule has 7 heteroatoms. The Labute approximate surface area is 145 Å². The van der Waals surface area contributed by atoms with Gasteiger partial charge in [0.15, 0.2) is 11.6 Å². The highest BCUT2D eigenvalue weighted by atomic mass is 19.1. The molecule has 2 aromatic rings. The maximum Gasteiger partial charge on any atom is 0.242 e. The number of carbonyl (C=O) groups is 2. The molecular formula is C18H20FN3O3. The van der Waals surface area contributed by atoms with E-state index in [1.807, 2.05) is 30.3 Å². The topological polar surface area (TPSA) is 107 Å². The van der Waals surface area contributed by atoms with Gasteiger partial charge in [0.25, 0.3) is 0 Å². The number of halogens is 1. The maximum absolute atomic E-state index is 13.8. The number of nitrogens with two attached hydrogens (primary N) is 2. The molecule has 0 aliphatic rings. The summed E-state index contributed by atoms with van der Waals surface area (Å²) in [7, 11) is 1.34. The summed E-state index contributed by atoms with van der Waals surface area (Å²) < 4.78 is 18.6. The van der Waals surface area contributed by atoms with Crippen LogP contribution in [0.25, 0.3) is 0 Å². The molecule has 132 valence electrons. The zero-order chi connectivity index (χ0) is 18.4. The molecule has 0 bridgehead atoms. The standard InChI is InChI=1S/C18H20FN3O3/c1-25-15-8-7-12(10-13(15)19)16(20)18(24)22-14(17(21)23)9-11-5-3-2-4-6-11/h2-8,10,14,16H,9,20H2,1H3,(H2,21,23)(H,22,24)/t14-,16?/m0/s1. The number of hydrogen-bond acceptors (Lipinski definition) is 4. The lowest BCUT2D eigenvalue weighted by molar-refractivity contribution is -0.128. The summed E-state index contributed by atoms with van der Waals surface area (Å²) in [5.41, 5.74) is 12.3. The normalized spacial score (nSPS) is 12.9. The van der Waals surface area contributed by atoms with E-state index in [0.29, 0.717) is 0 Å². The summed E-state index contributed by atoms with van der Waals surface area (Å²) >= 11 is 0. The summed E-state index contributed by atoms with van der Waals surface area (Å²) in [5.74, 6) is -1.87. The second kappa shape index (κ2) is 8.25. The van der Waals surface area contributed by atoms with E-state index in [1.54, 1.807) is 0 Å². The van der Waals surface area contributed by atoms with E-state index in [9.17, 15) is 14.0 Å².